The molecular formula is C22H18BrN5O. The summed E-state index contributed by atoms with van der Waals surface area (Å²) in [7, 11) is 0. The van der Waals surface area contributed by atoms with Gasteiger partial charge >= 0.3 is 0 Å². The van der Waals surface area contributed by atoms with Crippen LogP contribution >= 0.6 is 15.9 Å². The van der Waals surface area contributed by atoms with Crippen molar-refractivity contribution in [3.05, 3.63) is 82.6 Å². The fourth-order valence-corrected chi connectivity index (χ4v) is 4.39. The molecule has 1 amide bonds. The number of halogens is 1. The first-order chi connectivity index (χ1) is 14.1. The van der Waals surface area contributed by atoms with Crippen LogP contribution in [0.4, 0.5) is 0 Å². The van der Waals surface area contributed by atoms with Crippen LogP contribution in [0.2, 0.25) is 0 Å². The molecule has 6 nitrogen and oxygen atoms in total. The lowest BCUT2D eigenvalue weighted by atomic mass is 9.87. The van der Waals surface area contributed by atoms with Crippen molar-refractivity contribution in [1.29, 1.82) is 0 Å². The highest BCUT2D eigenvalue weighted by Gasteiger charge is 2.30. The van der Waals surface area contributed by atoms with Gasteiger partial charge in [0.1, 0.15) is 6.33 Å². The fraction of sp³-hybridized carbons (Fsp3) is 0.182. The molecule has 4 heterocycles. The third-order valence-corrected chi connectivity index (χ3v) is 5.98. The SMILES string of the molecule is CC1c2cccc(-c3cncnc3)c2CCN1C(=O)c1cc2ccc(Br)cn2n1. The smallest absolute Gasteiger partial charge is 0.274 e. The van der Waals surface area contributed by atoms with Crippen LogP contribution in [0.15, 0.2) is 65.8 Å². The van der Waals surface area contributed by atoms with E-state index in [2.05, 4.69) is 50.1 Å². The minimum Gasteiger partial charge on any atom is -0.330 e. The molecule has 0 saturated heterocycles. The summed E-state index contributed by atoms with van der Waals surface area (Å²) in [6, 6.07) is 11.9. The van der Waals surface area contributed by atoms with Crippen LogP contribution in [0, 0.1) is 0 Å². The summed E-state index contributed by atoms with van der Waals surface area (Å²) < 4.78 is 2.65. The van der Waals surface area contributed by atoms with Gasteiger partial charge in [-0.25, -0.2) is 14.5 Å². The Morgan fingerprint density at radius 3 is 2.83 bits per heavy atom. The number of nitrogens with zero attached hydrogens (tertiary/aromatic N) is 5. The zero-order valence-electron chi connectivity index (χ0n) is 15.8. The Balaban J connectivity index is 1.49. The fourth-order valence-electron chi connectivity index (χ4n) is 4.07. The Kier molecular flexibility index (Phi) is 4.39. The van der Waals surface area contributed by atoms with Crippen LogP contribution < -0.4 is 0 Å². The van der Waals surface area contributed by atoms with Crippen molar-refractivity contribution >= 4 is 27.4 Å². The second-order valence-electron chi connectivity index (χ2n) is 7.17. The molecule has 0 bridgehead atoms. The molecule has 0 fully saturated rings. The highest BCUT2D eigenvalue weighted by Crippen LogP contribution is 2.36. The Labute approximate surface area is 176 Å². The summed E-state index contributed by atoms with van der Waals surface area (Å²) in [6.45, 7) is 2.73. The first-order valence-corrected chi connectivity index (χ1v) is 10.2. The predicted octanol–water partition coefficient (Wildman–Crippen LogP) is 4.31. The van der Waals surface area contributed by atoms with Crippen molar-refractivity contribution in [2.75, 3.05) is 6.54 Å². The van der Waals surface area contributed by atoms with Crippen molar-refractivity contribution in [3.63, 3.8) is 0 Å². The van der Waals surface area contributed by atoms with Gasteiger partial charge in [0.25, 0.3) is 5.91 Å². The van der Waals surface area contributed by atoms with Crippen LogP contribution in [0.1, 0.15) is 34.6 Å². The maximum atomic E-state index is 13.2. The molecule has 1 aromatic carbocycles. The number of aromatic nitrogens is 4. The number of carbonyl (C=O) groups is 1. The predicted molar refractivity (Wildman–Crippen MR) is 114 cm³/mol. The van der Waals surface area contributed by atoms with E-state index in [0.29, 0.717) is 12.2 Å². The van der Waals surface area contributed by atoms with E-state index in [1.807, 2.05) is 47.8 Å². The normalized spacial score (nSPS) is 16.1. The molecule has 1 aliphatic heterocycles. The Bertz CT molecular complexity index is 1220. The van der Waals surface area contributed by atoms with Gasteiger partial charge in [0.2, 0.25) is 0 Å². The molecule has 1 aliphatic rings. The van der Waals surface area contributed by atoms with E-state index in [-0.39, 0.29) is 11.9 Å². The monoisotopic (exact) mass is 447 g/mol. The zero-order valence-corrected chi connectivity index (χ0v) is 17.4. The molecule has 3 aromatic heterocycles. The first kappa shape index (κ1) is 18.0. The van der Waals surface area contributed by atoms with Gasteiger partial charge in [-0.15, -0.1) is 0 Å². The average Bonchev–Trinajstić information content (AvgIpc) is 3.17. The van der Waals surface area contributed by atoms with Gasteiger partial charge < -0.3 is 4.90 Å². The van der Waals surface area contributed by atoms with Crippen LogP contribution in [0.5, 0.6) is 0 Å². The van der Waals surface area contributed by atoms with Crippen molar-refractivity contribution in [2.24, 2.45) is 0 Å². The molecule has 0 N–H and O–H groups in total. The van der Waals surface area contributed by atoms with Crippen LogP contribution in [-0.2, 0) is 6.42 Å². The summed E-state index contributed by atoms with van der Waals surface area (Å²) in [5.41, 5.74) is 5.93. The molecule has 1 atom stereocenters. The Morgan fingerprint density at radius 1 is 1.17 bits per heavy atom. The van der Waals surface area contributed by atoms with Gasteiger partial charge in [0, 0.05) is 35.2 Å². The largest absolute Gasteiger partial charge is 0.330 e. The number of hydrogen-bond donors (Lipinski definition) is 0. The molecule has 5 rings (SSSR count). The molecule has 0 spiro atoms. The van der Waals surface area contributed by atoms with Gasteiger partial charge in [0.05, 0.1) is 11.6 Å². The standard InChI is InChI=1S/C22H18BrN5O/c1-14-18-3-2-4-19(15-10-24-13-25-11-15)20(18)7-8-27(14)22(29)21-9-17-6-5-16(23)12-28(17)26-21/h2-6,9-14H,7-8H2,1H3. The maximum Gasteiger partial charge on any atom is 0.274 e. The summed E-state index contributed by atoms with van der Waals surface area (Å²) in [5, 5.41) is 4.48. The van der Waals surface area contributed by atoms with Crippen LogP contribution in [-0.4, -0.2) is 36.9 Å². The second kappa shape index (κ2) is 7.08. The Morgan fingerprint density at radius 2 is 2.00 bits per heavy atom. The van der Waals surface area contributed by atoms with Crippen LogP contribution in [0.3, 0.4) is 0 Å². The minimum absolute atomic E-state index is 0.0348. The van der Waals surface area contributed by atoms with Crippen molar-refractivity contribution < 1.29 is 4.79 Å². The number of hydrogen-bond acceptors (Lipinski definition) is 4. The van der Waals surface area contributed by atoms with Gasteiger partial charge in [-0.1, -0.05) is 18.2 Å². The van der Waals surface area contributed by atoms with E-state index < -0.39 is 0 Å². The molecule has 4 aromatic rings. The van der Waals surface area contributed by atoms with Gasteiger partial charge in [-0.2, -0.15) is 5.10 Å². The number of pyridine rings is 1. The quantitative estimate of drug-likeness (QED) is 0.459. The second-order valence-corrected chi connectivity index (χ2v) is 8.09. The molecule has 29 heavy (non-hydrogen) atoms. The molecule has 7 heteroatoms. The van der Waals surface area contributed by atoms with E-state index >= 15 is 0 Å². The first-order valence-electron chi connectivity index (χ1n) is 9.45. The molecule has 0 aliphatic carbocycles. The number of fused-ring (bicyclic) bond motifs is 2. The number of benzene rings is 1. The molecule has 144 valence electrons. The number of rotatable bonds is 2. The Hall–Kier alpha value is -3.06. The molecule has 1 unspecified atom stereocenters. The topological polar surface area (TPSA) is 63.4 Å². The highest BCUT2D eigenvalue weighted by molar-refractivity contribution is 9.10. The lowest BCUT2D eigenvalue weighted by Crippen LogP contribution is -2.39. The van der Waals surface area contributed by atoms with Crippen molar-refractivity contribution in [2.45, 2.75) is 19.4 Å². The molecular weight excluding hydrogens is 430 g/mol. The maximum absolute atomic E-state index is 13.2. The van der Waals surface area contributed by atoms with Gasteiger partial charge in [-0.3, -0.25) is 4.79 Å². The highest BCUT2D eigenvalue weighted by atomic mass is 79.9. The van der Waals surface area contributed by atoms with Crippen LogP contribution in [0.25, 0.3) is 16.6 Å². The third kappa shape index (κ3) is 3.11. The average molecular weight is 448 g/mol. The van der Waals surface area contributed by atoms with E-state index in [1.165, 1.54) is 11.9 Å². The van der Waals surface area contributed by atoms with Gasteiger partial charge in [0.15, 0.2) is 5.69 Å². The number of carbonyl (C=O) groups excluding carboxylic acids is 1. The summed E-state index contributed by atoms with van der Waals surface area (Å²) in [4.78, 5) is 23.5. The lowest BCUT2D eigenvalue weighted by molar-refractivity contribution is 0.0671. The van der Waals surface area contributed by atoms with Crippen molar-refractivity contribution in [3.8, 4) is 11.1 Å². The van der Waals surface area contributed by atoms with E-state index in [4.69, 9.17) is 0 Å². The van der Waals surface area contributed by atoms with E-state index in [0.717, 1.165) is 33.1 Å². The summed E-state index contributed by atoms with van der Waals surface area (Å²) in [5.74, 6) is -0.0450. The zero-order chi connectivity index (χ0) is 20.0. The minimum atomic E-state index is -0.0450. The van der Waals surface area contributed by atoms with Crippen molar-refractivity contribution in [1.82, 2.24) is 24.5 Å². The molecule has 0 radical (unpaired) electrons. The third-order valence-electron chi connectivity index (χ3n) is 5.51. The summed E-state index contributed by atoms with van der Waals surface area (Å²) >= 11 is 3.44. The van der Waals surface area contributed by atoms with Gasteiger partial charge in [-0.05, 0) is 64.2 Å². The number of amides is 1. The van der Waals surface area contributed by atoms with E-state index in [1.54, 1.807) is 4.52 Å². The van der Waals surface area contributed by atoms with E-state index in [9.17, 15) is 4.79 Å². The lowest BCUT2D eigenvalue weighted by Gasteiger charge is -2.35. The summed E-state index contributed by atoms with van der Waals surface area (Å²) in [6.07, 6.45) is 7.85. The molecule has 0 saturated carbocycles.